The van der Waals surface area contributed by atoms with E-state index in [1.165, 1.54) is 15.6 Å². The molecule has 26 heavy (non-hydrogen) atoms. The molecule has 2 aromatic heterocycles. The van der Waals surface area contributed by atoms with E-state index in [-0.39, 0.29) is 11.8 Å². The Kier molecular flexibility index (Phi) is 4.85. The first-order valence-electron chi connectivity index (χ1n) is 8.87. The molecule has 2 aliphatic rings. The summed E-state index contributed by atoms with van der Waals surface area (Å²) in [5.41, 5.74) is 1.96. The second-order valence-corrected chi connectivity index (χ2v) is 9.86. The number of amides is 1. The molecule has 0 atom stereocenters. The van der Waals surface area contributed by atoms with Crippen LogP contribution in [0, 0.1) is 5.92 Å². The van der Waals surface area contributed by atoms with Gasteiger partial charge in [-0.25, -0.2) is 8.42 Å². The van der Waals surface area contributed by atoms with Crippen molar-refractivity contribution in [2.45, 2.75) is 42.7 Å². The van der Waals surface area contributed by atoms with Crippen LogP contribution < -0.4 is 5.32 Å². The van der Waals surface area contributed by atoms with Crippen molar-refractivity contribution in [3.63, 3.8) is 0 Å². The summed E-state index contributed by atoms with van der Waals surface area (Å²) in [6.45, 7) is 0.708. The van der Waals surface area contributed by atoms with E-state index in [1.807, 2.05) is 0 Å². The van der Waals surface area contributed by atoms with Crippen LogP contribution in [-0.4, -0.2) is 36.9 Å². The van der Waals surface area contributed by atoms with Crippen molar-refractivity contribution < 1.29 is 17.7 Å². The highest BCUT2D eigenvalue weighted by Crippen LogP contribution is 2.30. The molecular formula is C17H21N3O4S2. The number of carbonyl (C=O) groups is 1. The minimum Gasteiger partial charge on any atom is -0.338 e. The van der Waals surface area contributed by atoms with Crippen LogP contribution in [0.4, 0.5) is 5.88 Å². The lowest BCUT2D eigenvalue weighted by molar-refractivity contribution is -0.121. The monoisotopic (exact) mass is 395 g/mol. The smallest absolute Gasteiger partial charge is 0.252 e. The molecular weight excluding hydrogens is 374 g/mol. The Morgan fingerprint density at radius 2 is 2.04 bits per heavy atom. The van der Waals surface area contributed by atoms with E-state index in [0.717, 1.165) is 36.9 Å². The summed E-state index contributed by atoms with van der Waals surface area (Å²) in [7, 11) is -3.44. The number of aromatic nitrogens is 1. The van der Waals surface area contributed by atoms with E-state index in [9.17, 15) is 13.2 Å². The number of aryl methyl sites for hydroxylation is 1. The molecule has 9 heteroatoms. The molecule has 1 saturated heterocycles. The van der Waals surface area contributed by atoms with Crippen molar-refractivity contribution in [1.29, 1.82) is 0 Å². The number of nitrogens with one attached hydrogen (secondary N) is 1. The molecule has 1 N–H and O–H groups in total. The number of piperidine rings is 1. The summed E-state index contributed by atoms with van der Waals surface area (Å²) in [5.74, 6) is 0.148. The number of fused-ring (bicyclic) bond motifs is 1. The predicted octanol–water partition coefficient (Wildman–Crippen LogP) is 2.65. The largest absolute Gasteiger partial charge is 0.338 e. The maximum absolute atomic E-state index is 12.6. The number of anilines is 1. The molecule has 140 valence electrons. The number of rotatable bonds is 4. The quantitative estimate of drug-likeness (QED) is 0.859. The van der Waals surface area contributed by atoms with E-state index in [1.54, 1.807) is 17.5 Å². The highest BCUT2D eigenvalue weighted by molar-refractivity contribution is 7.91. The Morgan fingerprint density at radius 3 is 2.77 bits per heavy atom. The Labute approximate surface area is 156 Å². The van der Waals surface area contributed by atoms with Gasteiger partial charge in [0.05, 0.1) is 5.69 Å². The molecule has 1 aliphatic heterocycles. The van der Waals surface area contributed by atoms with Gasteiger partial charge in [0.25, 0.3) is 10.0 Å². The van der Waals surface area contributed by atoms with Gasteiger partial charge in [0.2, 0.25) is 11.8 Å². The molecule has 2 aromatic rings. The summed E-state index contributed by atoms with van der Waals surface area (Å²) in [6, 6.07) is 3.35. The van der Waals surface area contributed by atoms with Crippen LogP contribution in [0.25, 0.3) is 0 Å². The average Bonchev–Trinajstić information content (AvgIpc) is 3.33. The molecule has 3 heterocycles. The first-order valence-corrected chi connectivity index (χ1v) is 11.2. The third-order valence-corrected chi connectivity index (χ3v) is 8.38. The number of hydrogen-bond acceptors (Lipinski definition) is 6. The summed E-state index contributed by atoms with van der Waals surface area (Å²) in [4.78, 5) is 12.6. The molecule has 1 fully saturated rings. The third-order valence-electron chi connectivity index (χ3n) is 5.11. The number of sulfonamides is 1. The van der Waals surface area contributed by atoms with Gasteiger partial charge in [0, 0.05) is 24.6 Å². The number of hydrogen-bond donors (Lipinski definition) is 1. The van der Waals surface area contributed by atoms with Crippen molar-refractivity contribution in [1.82, 2.24) is 9.46 Å². The van der Waals surface area contributed by atoms with Crippen LogP contribution in [0.15, 0.2) is 26.2 Å². The number of thiophene rings is 1. The van der Waals surface area contributed by atoms with Gasteiger partial charge in [0.15, 0.2) is 0 Å². The molecule has 4 rings (SSSR count). The van der Waals surface area contributed by atoms with Crippen LogP contribution >= 0.6 is 11.3 Å². The lowest BCUT2D eigenvalue weighted by Crippen LogP contribution is -2.41. The highest BCUT2D eigenvalue weighted by atomic mass is 32.2. The fourth-order valence-corrected chi connectivity index (χ4v) is 6.21. The van der Waals surface area contributed by atoms with Gasteiger partial charge in [0.1, 0.15) is 4.21 Å². The van der Waals surface area contributed by atoms with Crippen molar-refractivity contribution in [3.05, 3.63) is 28.8 Å². The van der Waals surface area contributed by atoms with Gasteiger partial charge in [-0.15, -0.1) is 11.3 Å². The second-order valence-electron chi connectivity index (χ2n) is 6.74. The lowest BCUT2D eigenvalue weighted by atomic mass is 9.96. The Bertz CT molecular complexity index is 881. The van der Waals surface area contributed by atoms with Gasteiger partial charge in [-0.05, 0) is 50.0 Å². The summed E-state index contributed by atoms with van der Waals surface area (Å²) in [5, 5.41) is 8.67. The maximum Gasteiger partial charge on any atom is 0.252 e. The van der Waals surface area contributed by atoms with E-state index in [2.05, 4.69) is 10.5 Å². The van der Waals surface area contributed by atoms with Gasteiger partial charge in [-0.3, -0.25) is 10.1 Å². The van der Waals surface area contributed by atoms with Gasteiger partial charge in [-0.1, -0.05) is 11.2 Å². The van der Waals surface area contributed by atoms with Crippen LogP contribution in [-0.2, 0) is 27.7 Å². The summed E-state index contributed by atoms with van der Waals surface area (Å²) < 4.78 is 32.3. The van der Waals surface area contributed by atoms with E-state index in [4.69, 9.17) is 4.52 Å². The Morgan fingerprint density at radius 1 is 1.27 bits per heavy atom. The lowest BCUT2D eigenvalue weighted by Gasteiger charge is -2.30. The summed E-state index contributed by atoms with van der Waals surface area (Å²) in [6.07, 6.45) is 4.97. The molecule has 0 spiro atoms. The van der Waals surface area contributed by atoms with Crippen LogP contribution in [0.2, 0.25) is 0 Å². The van der Waals surface area contributed by atoms with Gasteiger partial charge < -0.3 is 4.52 Å². The maximum atomic E-state index is 12.6. The molecule has 0 saturated carbocycles. The standard InChI is InChI=1S/C17H21N3O4S2/c21-16(18-17-13-4-1-2-5-14(13)19-24-17)12-7-9-20(10-8-12)26(22,23)15-6-3-11-25-15/h3,6,11-12H,1-2,4-5,7-10H2,(H,18,21). The molecule has 1 aliphatic carbocycles. The SMILES string of the molecule is O=C(Nc1onc2c1CCCC2)C1CCN(S(=O)(=O)c2cccs2)CC1. The Balaban J connectivity index is 1.37. The number of nitrogens with zero attached hydrogens (tertiary/aromatic N) is 2. The second kappa shape index (κ2) is 7.13. The molecule has 0 bridgehead atoms. The zero-order chi connectivity index (χ0) is 18.1. The van der Waals surface area contributed by atoms with E-state index in [0.29, 0.717) is 36.0 Å². The fourth-order valence-electron chi connectivity index (χ4n) is 3.60. The topological polar surface area (TPSA) is 92.5 Å². The predicted molar refractivity (Wildman–Crippen MR) is 97.6 cm³/mol. The zero-order valence-corrected chi connectivity index (χ0v) is 15.9. The Hall–Kier alpha value is -1.71. The first kappa shape index (κ1) is 17.7. The summed E-state index contributed by atoms with van der Waals surface area (Å²) >= 11 is 1.22. The van der Waals surface area contributed by atoms with E-state index < -0.39 is 10.0 Å². The highest BCUT2D eigenvalue weighted by Gasteiger charge is 2.33. The van der Waals surface area contributed by atoms with Crippen molar-refractivity contribution in [3.8, 4) is 0 Å². The van der Waals surface area contributed by atoms with Crippen LogP contribution in [0.3, 0.4) is 0 Å². The zero-order valence-electron chi connectivity index (χ0n) is 14.3. The molecule has 1 amide bonds. The first-order chi connectivity index (χ1) is 12.6. The van der Waals surface area contributed by atoms with Crippen molar-refractivity contribution >= 4 is 33.2 Å². The van der Waals surface area contributed by atoms with E-state index >= 15 is 0 Å². The van der Waals surface area contributed by atoms with Crippen LogP contribution in [0.1, 0.15) is 36.9 Å². The average molecular weight is 396 g/mol. The minimum absolute atomic E-state index is 0.109. The fraction of sp³-hybridized carbons (Fsp3) is 0.529. The number of carbonyl (C=O) groups excluding carboxylic acids is 1. The van der Waals surface area contributed by atoms with Gasteiger partial charge >= 0.3 is 0 Å². The third kappa shape index (κ3) is 3.30. The minimum atomic E-state index is -3.44. The molecule has 0 radical (unpaired) electrons. The van der Waals surface area contributed by atoms with Crippen molar-refractivity contribution in [2.24, 2.45) is 5.92 Å². The van der Waals surface area contributed by atoms with Crippen LogP contribution in [0.5, 0.6) is 0 Å². The normalized spacial score (nSPS) is 19.2. The molecule has 7 nitrogen and oxygen atoms in total. The van der Waals surface area contributed by atoms with Crippen molar-refractivity contribution in [2.75, 3.05) is 18.4 Å². The molecule has 0 aromatic carbocycles. The van der Waals surface area contributed by atoms with Gasteiger partial charge in [-0.2, -0.15) is 4.31 Å². The molecule has 0 unspecified atom stereocenters.